The molecule has 0 aromatic heterocycles. The van der Waals surface area contributed by atoms with E-state index in [4.69, 9.17) is 9.16 Å². The van der Waals surface area contributed by atoms with Gasteiger partial charge in [-0.3, -0.25) is 0 Å². The smallest absolute Gasteiger partial charge is 0.407 e. The molecule has 0 unspecified atom stereocenters. The van der Waals surface area contributed by atoms with Gasteiger partial charge < -0.3 is 19.3 Å². The minimum Gasteiger partial charge on any atom is -0.445 e. The Morgan fingerprint density at radius 3 is 1.85 bits per heavy atom. The number of carbonyl (C=O) groups is 2. The van der Waals surface area contributed by atoms with E-state index in [0.717, 1.165) is 22.2 Å². The van der Waals surface area contributed by atoms with Gasteiger partial charge in [-0.2, -0.15) is 0 Å². The number of alkyl carbamates (subject to hydrolysis) is 1. The number of carbonyl (C=O) groups excluding carboxylic acids is 2. The van der Waals surface area contributed by atoms with Gasteiger partial charge in [-0.05, 0) is 21.0 Å². The number of nitrogens with one attached hydrogen (secondary N) is 1. The Kier molecular flexibility index (Phi) is 8.79. The third kappa shape index (κ3) is 6.21. The maximum absolute atomic E-state index is 12.5. The molecule has 1 atom stereocenters. The summed E-state index contributed by atoms with van der Waals surface area (Å²) in [6.07, 6.45) is 0.372. The zero-order valence-electron chi connectivity index (χ0n) is 20.1. The first kappa shape index (κ1) is 25.4. The van der Waals surface area contributed by atoms with Crippen LogP contribution in [0.3, 0.4) is 0 Å². The Labute approximate surface area is 203 Å². The summed E-state index contributed by atoms with van der Waals surface area (Å²) in [7, 11) is -2.77. The topological polar surface area (TPSA) is 64.6 Å². The highest BCUT2D eigenvalue weighted by Crippen LogP contribution is 2.36. The first-order valence-electron chi connectivity index (χ1n) is 11.5. The van der Waals surface area contributed by atoms with Crippen LogP contribution in [-0.4, -0.2) is 33.3 Å². The van der Waals surface area contributed by atoms with Gasteiger partial charge in [-0.1, -0.05) is 112 Å². The van der Waals surface area contributed by atoms with E-state index in [0.29, 0.717) is 0 Å². The van der Waals surface area contributed by atoms with Crippen LogP contribution in [0.1, 0.15) is 32.8 Å². The summed E-state index contributed by atoms with van der Waals surface area (Å²) in [5, 5.41) is 4.91. The van der Waals surface area contributed by atoms with E-state index in [1.165, 1.54) is 0 Å². The second kappa shape index (κ2) is 11.8. The molecule has 0 spiro atoms. The highest BCUT2D eigenvalue weighted by molar-refractivity contribution is 6.99. The van der Waals surface area contributed by atoms with Crippen molar-refractivity contribution in [3.8, 4) is 0 Å². The van der Waals surface area contributed by atoms with Gasteiger partial charge in [-0.25, -0.2) is 4.79 Å². The second-order valence-corrected chi connectivity index (χ2v) is 13.6. The minimum absolute atomic E-state index is 0.138. The van der Waals surface area contributed by atoms with Crippen molar-refractivity contribution in [2.24, 2.45) is 0 Å². The van der Waals surface area contributed by atoms with Gasteiger partial charge in [0.15, 0.2) is 0 Å². The molecule has 0 saturated heterocycles. The molecule has 3 rings (SSSR count). The van der Waals surface area contributed by atoms with E-state index in [2.05, 4.69) is 50.4 Å². The fourth-order valence-electron chi connectivity index (χ4n) is 4.20. The van der Waals surface area contributed by atoms with E-state index >= 15 is 0 Å². The fourth-order valence-corrected chi connectivity index (χ4v) is 8.81. The predicted molar refractivity (Wildman–Crippen MR) is 138 cm³/mol. The summed E-state index contributed by atoms with van der Waals surface area (Å²) in [5.41, 5.74) is 0.896. The zero-order valence-corrected chi connectivity index (χ0v) is 21.1. The highest BCUT2D eigenvalue weighted by Gasteiger charge is 2.50. The maximum atomic E-state index is 12.5. The molecule has 0 aliphatic rings. The summed E-state index contributed by atoms with van der Waals surface area (Å²) in [6, 6.07) is 29.5. The van der Waals surface area contributed by atoms with E-state index in [9.17, 15) is 9.59 Å². The standard InChI is InChI=1S/C28H33NO4Si/c1-28(2,3)34(25-15-9-5-10-16-25,26-17-11-6-12-18-26)33-22-24(19-20-30)29-27(31)32-21-23-13-7-4-8-14-23/h4-18,20,24H,19,21-22H2,1-3H3,(H,29,31)/t24-/m0/s1. The van der Waals surface area contributed by atoms with Crippen LogP contribution >= 0.6 is 0 Å². The third-order valence-corrected chi connectivity index (χ3v) is 10.8. The van der Waals surface area contributed by atoms with Gasteiger partial charge in [0.1, 0.15) is 12.9 Å². The minimum atomic E-state index is -2.77. The molecule has 0 fully saturated rings. The van der Waals surface area contributed by atoms with Crippen LogP contribution in [0.15, 0.2) is 91.0 Å². The Bertz CT molecular complexity index is 997. The van der Waals surface area contributed by atoms with Gasteiger partial charge in [0.05, 0.1) is 12.6 Å². The number of rotatable bonds is 10. The number of hydrogen-bond acceptors (Lipinski definition) is 4. The summed E-state index contributed by atoms with van der Waals surface area (Å²) in [6.45, 7) is 6.93. The Morgan fingerprint density at radius 1 is 0.882 bits per heavy atom. The first-order valence-corrected chi connectivity index (χ1v) is 13.4. The summed E-state index contributed by atoms with van der Waals surface area (Å²) in [5.74, 6) is 0. The van der Waals surface area contributed by atoms with Crippen molar-refractivity contribution >= 4 is 31.1 Å². The molecule has 178 valence electrons. The monoisotopic (exact) mass is 475 g/mol. The van der Waals surface area contributed by atoms with Crippen LogP contribution < -0.4 is 15.7 Å². The third-order valence-electron chi connectivity index (χ3n) is 5.83. The van der Waals surface area contributed by atoms with E-state index < -0.39 is 20.5 Å². The molecular weight excluding hydrogens is 442 g/mol. The van der Waals surface area contributed by atoms with Gasteiger partial charge in [0.2, 0.25) is 0 Å². The van der Waals surface area contributed by atoms with Crippen molar-refractivity contribution in [1.82, 2.24) is 5.32 Å². The van der Waals surface area contributed by atoms with Gasteiger partial charge in [0, 0.05) is 6.42 Å². The first-order chi connectivity index (χ1) is 16.4. The zero-order chi connectivity index (χ0) is 24.4. The number of amides is 1. The fraction of sp³-hybridized carbons (Fsp3) is 0.286. The number of ether oxygens (including phenoxy) is 1. The maximum Gasteiger partial charge on any atom is 0.407 e. The molecule has 6 heteroatoms. The van der Waals surface area contributed by atoms with Gasteiger partial charge >= 0.3 is 6.09 Å². The van der Waals surface area contributed by atoms with Crippen LogP contribution in [0, 0.1) is 0 Å². The molecule has 0 saturated carbocycles. The molecule has 0 bridgehead atoms. The average molecular weight is 476 g/mol. The lowest BCUT2D eigenvalue weighted by Crippen LogP contribution is -2.67. The Balaban J connectivity index is 1.82. The van der Waals surface area contributed by atoms with Crippen LogP contribution in [0.25, 0.3) is 0 Å². The lowest BCUT2D eigenvalue weighted by Gasteiger charge is -2.43. The normalized spacial score (nSPS) is 12.6. The van der Waals surface area contributed by atoms with Crippen LogP contribution in [0.4, 0.5) is 4.79 Å². The lowest BCUT2D eigenvalue weighted by molar-refractivity contribution is -0.108. The molecule has 3 aromatic rings. The molecule has 1 N–H and O–H groups in total. The molecular formula is C28H33NO4Si. The Hall–Kier alpha value is -3.22. The number of aldehydes is 1. The molecule has 3 aromatic carbocycles. The van der Waals surface area contributed by atoms with Crippen molar-refractivity contribution in [3.63, 3.8) is 0 Å². The number of benzene rings is 3. The lowest BCUT2D eigenvalue weighted by atomic mass is 10.2. The Morgan fingerprint density at radius 2 is 1.38 bits per heavy atom. The predicted octanol–water partition coefficient (Wildman–Crippen LogP) is 4.45. The van der Waals surface area contributed by atoms with Gasteiger partial charge in [-0.15, -0.1) is 0 Å². The van der Waals surface area contributed by atoms with Crippen LogP contribution in [-0.2, 0) is 20.6 Å². The molecule has 0 radical (unpaired) electrons. The molecule has 34 heavy (non-hydrogen) atoms. The highest BCUT2D eigenvalue weighted by atomic mass is 28.4. The molecule has 0 heterocycles. The number of hydrogen-bond donors (Lipinski definition) is 1. The quantitative estimate of drug-likeness (QED) is 0.348. The second-order valence-electron chi connectivity index (χ2n) is 9.28. The van der Waals surface area contributed by atoms with Crippen molar-refractivity contribution < 1.29 is 18.8 Å². The van der Waals surface area contributed by atoms with Crippen molar-refractivity contribution in [3.05, 3.63) is 96.6 Å². The summed E-state index contributed by atoms with van der Waals surface area (Å²) >= 11 is 0. The van der Waals surface area contributed by atoms with Gasteiger partial charge in [0.25, 0.3) is 8.32 Å². The van der Waals surface area contributed by atoms with E-state index in [-0.39, 0.29) is 24.7 Å². The summed E-state index contributed by atoms with van der Waals surface area (Å²) in [4.78, 5) is 23.9. The summed E-state index contributed by atoms with van der Waals surface area (Å²) < 4.78 is 12.2. The van der Waals surface area contributed by atoms with Crippen molar-refractivity contribution in [1.29, 1.82) is 0 Å². The SMILES string of the molecule is CC(C)(C)[Si](OC[C@H](CC=O)NC(=O)OCc1ccccc1)(c1ccccc1)c1ccccc1. The van der Waals surface area contributed by atoms with Crippen LogP contribution in [0.5, 0.6) is 0 Å². The molecule has 1 amide bonds. The van der Waals surface area contributed by atoms with Crippen LogP contribution in [0.2, 0.25) is 5.04 Å². The van der Waals surface area contributed by atoms with E-state index in [1.807, 2.05) is 66.7 Å². The average Bonchev–Trinajstić information content (AvgIpc) is 2.84. The molecule has 0 aliphatic carbocycles. The van der Waals surface area contributed by atoms with Crippen molar-refractivity contribution in [2.45, 2.75) is 44.9 Å². The molecule has 0 aliphatic heterocycles. The van der Waals surface area contributed by atoms with Crippen molar-refractivity contribution in [2.75, 3.05) is 6.61 Å². The largest absolute Gasteiger partial charge is 0.445 e. The van der Waals surface area contributed by atoms with E-state index in [1.54, 1.807) is 0 Å². The molecule has 5 nitrogen and oxygen atoms in total.